The lowest BCUT2D eigenvalue weighted by atomic mass is 10.2. The molecule has 148 valence electrons. The Morgan fingerprint density at radius 1 is 1.39 bits per heavy atom. The zero-order valence-electron chi connectivity index (χ0n) is 15.3. The second kappa shape index (κ2) is 8.16. The number of aromatic nitrogens is 1. The van der Waals surface area contributed by atoms with Crippen molar-refractivity contribution in [2.45, 2.75) is 25.9 Å². The molecule has 1 saturated heterocycles. The first-order valence-electron chi connectivity index (χ1n) is 8.80. The number of rotatable bonds is 5. The number of halogens is 2. The molecule has 9 heteroatoms. The molecule has 3 heterocycles. The van der Waals surface area contributed by atoms with E-state index in [2.05, 4.69) is 0 Å². The summed E-state index contributed by atoms with van der Waals surface area (Å²) in [4.78, 5) is 19.7. The minimum atomic E-state index is -0.223. The number of aryl methyl sites for hydroxylation is 1. The number of methoxy groups -OCH3 is 1. The van der Waals surface area contributed by atoms with Crippen molar-refractivity contribution in [1.29, 1.82) is 0 Å². The number of fused-ring (bicyclic) bond motifs is 1. The average molecular weight is 457 g/mol. The van der Waals surface area contributed by atoms with Crippen molar-refractivity contribution in [3.05, 3.63) is 38.0 Å². The Labute approximate surface area is 180 Å². The molecule has 1 amide bonds. The van der Waals surface area contributed by atoms with Crippen molar-refractivity contribution < 1.29 is 14.3 Å². The molecule has 5 nitrogen and oxygen atoms in total. The quantitative estimate of drug-likeness (QED) is 0.486. The molecule has 0 spiro atoms. The number of carbonyl (C=O) groups excluding carboxylic acids is 1. The summed E-state index contributed by atoms with van der Waals surface area (Å²) in [5, 5.41) is 0.599. The number of thiophene rings is 1. The van der Waals surface area contributed by atoms with E-state index in [1.165, 1.54) is 22.7 Å². The zero-order chi connectivity index (χ0) is 19.8. The number of carbonyl (C=O) groups is 1. The van der Waals surface area contributed by atoms with Crippen molar-refractivity contribution in [3.8, 4) is 5.75 Å². The van der Waals surface area contributed by atoms with Crippen LogP contribution in [-0.4, -0.2) is 37.3 Å². The summed E-state index contributed by atoms with van der Waals surface area (Å²) < 4.78 is 13.1. The summed E-state index contributed by atoms with van der Waals surface area (Å²) in [6.45, 7) is 3.15. The Morgan fingerprint density at radius 3 is 2.86 bits per heavy atom. The van der Waals surface area contributed by atoms with Crippen LogP contribution in [0.1, 0.15) is 28.8 Å². The van der Waals surface area contributed by atoms with Crippen molar-refractivity contribution in [1.82, 2.24) is 4.98 Å². The topological polar surface area (TPSA) is 51.7 Å². The number of amides is 1. The van der Waals surface area contributed by atoms with Crippen molar-refractivity contribution in [2.75, 3.05) is 25.2 Å². The van der Waals surface area contributed by atoms with Crippen LogP contribution in [0.15, 0.2) is 18.2 Å². The summed E-state index contributed by atoms with van der Waals surface area (Å²) in [6.07, 6.45) is 1.88. The average Bonchev–Trinajstić information content (AvgIpc) is 3.39. The van der Waals surface area contributed by atoms with Crippen molar-refractivity contribution in [3.63, 3.8) is 0 Å². The predicted molar refractivity (Wildman–Crippen MR) is 116 cm³/mol. The van der Waals surface area contributed by atoms with Gasteiger partial charge in [0.1, 0.15) is 15.6 Å². The predicted octanol–water partition coefficient (Wildman–Crippen LogP) is 5.81. The Balaban J connectivity index is 1.78. The molecule has 0 aliphatic carbocycles. The zero-order valence-corrected chi connectivity index (χ0v) is 18.5. The molecule has 0 radical (unpaired) electrons. The summed E-state index contributed by atoms with van der Waals surface area (Å²) in [5.74, 6) is 0.462. The van der Waals surface area contributed by atoms with E-state index in [1.807, 2.05) is 19.1 Å². The molecule has 1 unspecified atom stereocenters. The first-order chi connectivity index (χ1) is 13.5. The lowest BCUT2D eigenvalue weighted by Gasteiger charge is -2.22. The van der Waals surface area contributed by atoms with Gasteiger partial charge in [0.15, 0.2) is 5.13 Å². The van der Waals surface area contributed by atoms with E-state index < -0.39 is 0 Å². The van der Waals surface area contributed by atoms with E-state index in [-0.39, 0.29) is 12.0 Å². The SMILES string of the molecule is COc1ccc(C)c2sc(N(CC3CCCO3)C(=O)c3cc(Cl)sc3Cl)nc12. The van der Waals surface area contributed by atoms with Crippen molar-refractivity contribution >= 4 is 67.1 Å². The molecule has 28 heavy (non-hydrogen) atoms. The Morgan fingerprint density at radius 2 is 2.21 bits per heavy atom. The lowest BCUT2D eigenvalue weighted by molar-refractivity contribution is 0.0918. The maximum absolute atomic E-state index is 13.4. The van der Waals surface area contributed by atoms with E-state index in [1.54, 1.807) is 18.1 Å². The molecular weight excluding hydrogens is 439 g/mol. The van der Waals surface area contributed by atoms with Gasteiger partial charge in [-0.05, 0) is 37.5 Å². The first-order valence-corrected chi connectivity index (χ1v) is 11.2. The van der Waals surface area contributed by atoms with Gasteiger partial charge in [0.25, 0.3) is 5.91 Å². The fourth-order valence-corrected chi connectivity index (χ4v) is 5.76. The maximum Gasteiger partial charge on any atom is 0.262 e. The second-order valence-electron chi connectivity index (χ2n) is 6.55. The van der Waals surface area contributed by atoms with Gasteiger partial charge in [-0.25, -0.2) is 4.98 Å². The highest BCUT2D eigenvalue weighted by Gasteiger charge is 2.29. The Bertz CT molecular complexity index is 1030. The third-order valence-electron chi connectivity index (χ3n) is 4.69. The van der Waals surface area contributed by atoms with Gasteiger partial charge < -0.3 is 9.47 Å². The monoisotopic (exact) mass is 456 g/mol. The highest BCUT2D eigenvalue weighted by molar-refractivity contribution is 7.22. The van der Waals surface area contributed by atoms with Crippen LogP contribution in [0.5, 0.6) is 5.75 Å². The van der Waals surface area contributed by atoms with Gasteiger partial charge in [0, 0.05) is 6.61 Å². The molecule has 2 aromatic heterocycles. The van der Waals surface area contributed by atoms with Gasteiger partial charge in [0.2, 0.25) is 0 Å². The highest BCUT2D eigenvalue weighted by Crippen LogP contribution is 2.39. The lowest BCUT2D eigenvalue weighted by Crippen LogP contribution is -2.37. The van der Waals surface area contributed by atoms with E-state index >= 15 is 0 Å². The molecule has 0 N–H and O–H groups in total. The van der Waals surface area contributed by atoms with Gasteiger partial charge in [-0.2, -0.15) is 0 Å². The molecule has 1 aliphatic heterocycles. The van der Waals surface area contributed by atoms with Gasteiger partial charge in [-0.3, -0.25) is 9.69 Å². The van der Waals surface area contributed by atoms with E-state index in [0.717, 1.165) is 28.6 Å². The van der Waals surface area contributed by atoms with Crippen LogP contribution >= 0.6 is 45.9 Å². The van der Waals surface area contributed by atoms with Crippen LogP contribution in [0.4, 0.5) is 5.13 Å². The normalized spacial score (nSPS) is 16.6. The van der Waals surface area contributed by atoms with Gasteiger partial charge in [-0.1, -0.05) is 40.6 Å². The second-order valence-corrected chi connectivity index (χ2v) is 9.81. The number of hydrogen-bond acceptors (Lipinski definition) is 6. The Kier molecular flexibility index (Phi) is 5.81. The molecule has 3 aromatic rings. The molecule has 0 saturated carbocycles. The summed E-state index contributed by atoms with van der Waals surface area (Å²) >= 11 is 15.0. The van der Waals surface area contributed by atoms with E-state index in [0.29, 0.717) is 38.3 Å². The Hall–Kier alpha value is -1.38. The number of nitrogens with zero attached hydrogens (tertiary/aromatic N) is 2. The first kappa shape index (κ1) is 19.9. The van der Waals surface area contributed by atoms with E-state index in [9.17, 15) is 4.79 Å². The number of hydrogen-bond donors (Lipinski definition) is 0. The summed E-state index contributed by atoms with van der Waals surface area (Å²) in [6, 6.07) is 5.49. The van der Waals surface area contributed by atoms with Gasteiger partial charge >= 0.3 is 0 Å². The van der Waals surface area contributed by atoms with Gasteiger partial charge in [0.05, 0.1) is 34.4 Å². The fourth-order valence-electron chi connectivity index (χ4n) is 3.25. The van der Waals surface area contributed by atoms with E-state index in [4.69, 9.17) is 37.7 Å². The van der Waals surface area contributed by atoms with Crippen LogP contribution in [0.3, 0.4) is 0 Å². The van der Waals surface area contributed by atoms with Crippen LogP contribution in [0.2, 0.25) is 8.67 Å². The van der Waals surface area contributed by atoms with Crippen molar-refractivity contribution in [2.24, 2.45) is 0 Å². The number of ether oxygens (including phenoxy) is 2. The molecule has 1 fully saturated rings. The summed E-state index contributed by atoms with van der Waals surface area (Å²) in [5.41, 5.74) is 2.22. The van der Waals surface area contributed by atoms with Crippen LogP contribution in [0, 0.1) is 6.92 Å². The number of anilines is 1. The molecule has 4 rings (SSSR count). The standard InChI is InChI=1S/C19H18Cl2N2O3S2/c1-10-5-6-13(25-2)15-16(10)28-19(22-15)23(9-11-4-3-7-26-11)18(24)12-8-14(20)27-17(12)21/h5-6,8,11H,3-4,7,9H2,1-2H3. The number of thiazole rings is 1. The van der Waals surface area contributed by atoms with Crippen LogP contribution in [-0.2, 0) is 4.74 Å². The maximum atomic E-state index is 13.4. The van der Waals surface area contributed by atoms with Crippen LogP contribution in [0.25, 0.3) is 10.2 Å². The third kappa shape index (κ3) is 3.74. The van der Waals surface area contributed by atoms with Gasteiger partial charge in [-0.15, -0.1) is 11.3 Å². The largest absolute Gasteiger partial charge is 0.494 e. The molecule has 1 aliphatic rings. The minimum Gasteiger partial charge on any atom is -0.494 e. The molecular formula is C19H18Cl2N2O3S2. The smallest absolute Gasteiger partial charge is 0.262 e. The fraction of sp³-hybridized carbons (Fsp3) is 0.368. The highest BCUT2D eigenvalue weighted by atomic mass is 35.5. The molecule has 1 atom stereocenters. The minimum absolute atomic E-state index is 0.0214. The third-order valence-corrected chi connectivity index (χ3v) is 7.39. The molecule has 0 bridgehead atoms. The molecule has 1 aromatic carbocycles. The van der Waals surface area contributed by atoms with Crippen LogP contribution < -0.4 is 9.64 Å². The number of benzene rings is 1. The summed E-state index contributed by atoms with van der Waals surface area (Å²) in [7, 11) is 1.62.